The summed E-state index contributed by atoms with van der Waals surface area (Å²) in [5.41, 5.74) is -0.697. The smallest absolute Gasteiger partial charge is 0.255 e. The van der Waals surface area contributed by atoms with E-state index in [0.29, 0.717) is 25.0 Å². The number of nitrogens with one attached hydrogen (secondary N) is 1. The molecule has 11 heteroatoms. The Morgan fingerprint density at radius 3 is 2.38 bits per heavy atom. The van der Waals surface area contributed by atoms with E-state index in [-0.39, 0.29) is 24.6 Å². The summed E-state index contributed by atoms with van der Waals surface area (Å²) in [4.78, 5) is 11.7. The van der Waals surface area contributed by atoms with Crippen molar-refractivity contribution in [3.8, 4) is 0 Å². The van der Waals surface area contributed by atoms with Crippen molar-refractivity contribution in [1.29, 1.82) is 0 Å². The maximum atomic E-state index is 14.5. The largest absolute Gasteiger partial charge is 0.391 e. The van der Waals surface area contributed by atoms with Crippen molar-refractivity contribution in [2.24, 2.45) is 5.92 Å². The zero-order valence-corrected chi connectivity index (χ0v) is 17.9. The van der Waals surface area contributed by atoms with Crippen molar-refractivity contribution in [3.05, 3.63) is 59.2 Å². The van der Waals surface area contributed by atoms with Crippen LogP contribution in [0.5, 0.6) is 0 Å². The Bertz CT molecular complexity index is 1100. The minimum absolute atomic E-state index is 0.0795. The lowest BCUT2D eigenvalue weighted by Crippen LogP contribution is -2.42. The van der Waals surface area contributed by atoms with Crippen LogP contribution in [0.15, 0.2) is 35.2 Å². The molecule has 174 valence electrons. The minimum Gasteiger partial charge on any atom is -0.391 e. The van der Waals surface area contributed by atoms with Crippen LogP contribution in [0.4, 0.5) is 23.2 Å². The Morgan fingerprint density at radius 2 is 1.72 bits per heavy atom. The zero-order chi connectivity index (χ0) is 23.6. The highest BCUT2D eigenvalue weighted by atomic mass is 32.2. The number of benzene rings is 2. The van der Waals surface area contributed by atoms with Crippen LogP contribution in [0.3, 0.4) is 0 Å². The summed E-state index contributed by atoms with van der Waals surface area (Å²) >= 11 is 0. The standard InChI is InChI=1S/C21H22F4N2O4S/c1-12-4-2-3-7-27(11-18(12)28)32(30,31)19-8-13(5-6-15(19)22)21(29)26-14-9-16(23)20(25)17(24)10-14/h5-6,8-10,12,18,28H,2-4,7,11H2,1H3,(H,26,29). The summed E-state index contributed by atoms with van der Waals surface area (Å²) in [5, 5.41) is 12.4. The molecule has 0 aliphatic carbocycles. The van der Waals surface area contributed by atoms with Gasteiger partial charge >= 0.3 is 0 Å². The van der Waals surface area contributed by atoms with E-state index in [1.807, 2.05) is 0 Å². The molecule has 2 unspecified atom stereocenters. The number of nitrogens with zero attached hydrogens (tertiary/aromatic N) is 1. The van der Waals surface area contributed by atoms with Crippen molar-refractivity contribution < 1.29 is 35.9 Å². The lowest BCUT2D eigenvalue weighted by atomic mass is 9.96. The number of hydrogen-bond acceptors (Lipinski definition) is 4. The van der Waals surface area contributed by atoms with Crippen LogP contribution in [0.25, 0.3) is 0 Å². The third kappa shape index (κ3) is 5.11. The Labute approximate surface area is 182 Å². The van der Waals surface area contributed by atoms with Crippen molar-refractivity contribution in [1.82, 2.24) is 4.31 Å². The molecule has 2 aromatic rings. The normalized spacial score (nSPS) is 20.4. The van der Waals surface area contributed by atoms with E-state index in [0.717, 1.165) is 28.9 Å². The van der Waals surface area contributed by atoms with Gasteiger partial charge < -0.3 is 10.4 Å². The van der Waals surface area contributed by atoms with Gasteiger partial charge in [-0.15, -0.1) is 0 Å². The first kappa shape index (κ1) is 24.1. The van der Waals surface area contributed by atoms with Crippen LogP contribution in [0, 0.1) is 29.2 Å². The van der Waals surface area contributed by atoms with Gasteiger partial charge in [0.05, 0.1) is 6.10 Å². The van der Waals surface area contributed by atoms with E-state index in [2.05, 4.69) is 5.32 Å². The monoisotopic (exact) mass is 474 g/mol. The number of hydrogen-bond donors (Lipinski definition) is 2. The topological polar surface area (TPSA) is 86.7 Å². The molecule has 1 aliphatic rings. The number of sulfonamides is 1. The summed E-state index contributed by atoms with van der Waals surface area (Å²) in [6.07, 6.45) is 1.03. The van der Waals surface area contributed by atoms with Crippen molar-refractivity contribution in [2.75, 3.05) is 18.4 Å². The summed E-state index contributed by atoms with van der Waals surface area (Å²) in [7, 11) is -4.39. The fourth-order valence-electron chi connectivity index (χ4n) is 3.46. The van der Waals surface area contributed by atoms with Crippen LogP contribution in [-0.4, -0.2) is 42.9 Å². The van der Waals surface area contributed by atoms with E-state index < -0.39 is 55.9 Å². The van der Waals surface area contributed by atoms with E-state index in [1.165, 1.54) is 0 Å². The third-order valence-electron chi connectivity index (χ3n) is 5.42. The second kappa shape index (κ2) is 9.55. The van der Waals surface area contributed by atoms with Gasteiger partial charge in [-0.25, -0.2) is 26.0 Å². The molecule has 6 nitrogen and oxygen atoms in total. The predicted molar refractivity (Wildman–Crippen MR) is 108 cm³/mol. The van der Waals surface area contributed by atoms with Crippen molar-refractivity contribution >= 4 is 21.6 Å². The average Bonchev–Trinajstić information content (AvgIpc) is 2.72. The Hall–Kier alpha value is -2.50. The molecule has 1 aliphatic heterocycles. The molecule has 2 N–H and O–H groups in total. The highest BCUT2D eigenvalue weighted by Crippen LogP contribution is 2.26. The first-order valence-electron chi connectivity index (χ1n) is 9.94. The molecule has 0 radical (unpaired) electrons. The third-order valence-corrected chi connectivity index (χ3v) is 7.30. The number of amides is 1. The molecule has 2 atom stereocenters. The summed E-state index contributed by atoms with van der Waals surface area (Å²) in [6, 6.07) is 3.71. The maximum absolute atomic E-state index is 14.5. The van der Waals surface area contributed by atoms with E-state index in [9.17, 15) is 35.9 Å². The SMILES string of the molecule is CC1CCCCN(S(=O)(=O)c2cc(C(=O)Nc3cc(F)c(F)c(F)c3)ccc2F)CC1O. The van der Waals surface area contributed by atoms with Gasteiger partial charge in [-0.3, -0.25) is 4.79 Å². The van der Waals surface area contributed by atoms with Gasteiger partial charge in [0.2, 0.25) is 10.0 Å². The molecule has 1 saturated heterocycles. The number of aliphatic hydroxyl groups excluding tert-OH is 1. The number of β-amino-alcohol motifs (C(OH)–C–C–N with tert-alkyl or cyclic N) is 1. The van der Waals surface area contributed by atoms with Crippen LogP contribution in [-0.2, 0) is 10.0 Å². The van der Waals surface area contributed by atoms with Crippen LogP contribution in [0.1, 0.15) is 36.5 Å². The van der Waals surface area contributed by atoms with Crippen LogP contribution in [0.2, 0.25) is 0 Å². The molecule has 0 bridgehead atoms. The summed E-state index contributed by atoms with van der Waals surface area (Å²) in [5.74, 6) is -6.95. The quantitative estimate of drug-likeness (QED) is 0.523. The van der Waals surface area contributed by atoms with E-state index in [1.54, 1.807) is 6.92 Å². The van der Waals surface area contributed by atoms with Crippen molar-refractivity contribution in [3.63, 3.8) is 0 Å². The Kier molecular flexibility index (Phi) is 7.21. The average molecular weight is 474 g/mol. The summed E-state index contributed by atoms with van der Waals surface area (Å²) < 4.78 is 81.5. The second-order valence-corrected chi connectivity index (χ2v) is 9.66. The number of anilines is 1. The Morgan fingerprint density at radius 1 is 1.06 bits per heavy atom. The highest BCUT2D eigenvalue weighted by Gasteiger charge is 2.32. The molecule has 0 aromatic heterocycles. The fraction of sp³-hybridized carbons (Fsp3) is 0.381. The molecule has 3 rings (SSSR count). The van der Waals surface area contributed by atoms with Gasteiger partial charge in [-0.05, 0) is 37.0 Å². The molecule has 0 saturated carbocycles. The minimum atomic E-state index is -4.39. The van der Waals surface area contributed by atoms with Gasteiger partial charge in [0, 0.05) is 36.5 Å². The predicted octanol–water partition coefficient (Wildman–Crippen LogP) is 3.67. The second-order valence-electron chi connectivity index (χ2n) is 7.76. The van der Waals surface area contributed by atoms with Gasteiger partial charge in [0.15, 0.2) is 17.5 Å². The van der Waals surface area contributed by atoms with Gasteiger partial charge in [-0.2, -0.15) is 4.31 Å². The number of aliphatic hydroxyl groups is 1. The van der Waals surface area contributed by atoms with Gasteiger partial charge in [0.25, 0.3) is 5.91 Å². The molecular formula is C21H22F4N2O4S. The first-order valence-corrected chi connectivity index (χ1v) is 11.4. The lowest BCUT2D eigenvalue weighted by Gasteiger charge is -2.30. The molecule has 32 heavy (non-hydrogen) atoms. The zero-order valence-electron chi connectivity index (χ0n) is 17.1. The van der Waals surface area contributed by atoms with Gasteiger partial charge in [0.1, 0.15) is 10.7 Å². The summed E-state index contributed by atoms with van der Waals surface area (Å²) in [6.45, 7) is 1.66. The first-order chi connectivity index (χ1) is 15.0. The molecule has 2 aromatic carbocycles. The molecule has 0 spiro atoms. The number of halogens is 4. The van der Waals surface area contributed by atoms with Crippen LogP contribution < -0.4 is 5.32 Å². The number of rotatable bonds is 4. The van der Waals surface area contributed by atoms with Gasteiger partial charge in [-0.1, -0.05) is 13.3 Å². The Balaban J connectivity index is 1.89. The lowest BCUT2D eigenvalue weighted by molar-refractivity contribution is 0.0803. The maximum Gasteiger partial charge on any atom is 0.255 e. The molecule has 1 heterocycles. The van der Waals surface area contributed by atoms with E-state index in [4.69, 9.17) is 0 Å². The highest BCUT2D eigenvalue weighted by molar-refractivity contribution is 7.89. The molecule has 1 fully saturated rings. The number of carbonyl (C=O) groups excluding carboxylic acids is 1. The molecular weight excluding hydrogens is 452 g/mol. The number of carbonyl (C=O) groups is 1. The van der Waals surface area contributed by atoms with Crippen molar-refractivity contribution in [2.45, 2.75) is 37.2 Å². The van der Waals surface area contributed by atoms with E-state index >= 15 is 0 Å². The fourth-order valence-corrected chi connectivity index (χ4v) is 5.04. The molecule has 1 amide bonds. The van der Waals surface area contributed by atoms with Crippen LogP contribution >= 0.6 is 0 Å².